The van der Waals surface area contributed by atoms with E-state index in [9.17, 15) is 0 Å². The molecule has 2 nitrogen and oxygen atoms in total. The summed E-state index contributed by atoms with van der Waals surface area (Å²) in [7, 11) is 0. The molecule has 1 N–H and O–H groups in total. The van der Waals surface area contributed by atoms with Gasteiger partial charge in [0.2, 0.25) is 0 Å². The van der Waals surface area contributed by atoms with E-state index in [0.29, 0.717) is 4.95 Å². The van der Waals surface area contributed by atoms with Crippen molar-refractivity contribution in [2.24, 2.45) is 0 Å². The van der Waals surface area contributed by atoms with Gasteiger partial charge in [0.15, 0.2) is 0 Å². The highest BCUT2D eigenvalue weighted by atomic mass is 79.9. The maximum Gasteiger partial charge on any atom is 0.0920 e. The van der Waals surface area contributed by atoms with Crippen molar-refractivity contribution in [1.29, 1.82) is 0 Å². The van der Waals surface area contributed by atoms with E-state index in [0.717, 1.165) is 19.6 Å². The molecule has 1 heterocycles. The van der Waals surface area contributed by atoms with Gasteiger partial charge in [-0.3, -0.25) is 0 Å². The monoisotopic (exact) mass is 163 g/mol. The van der Waals surface area contributed by atoms with Crippen molar-refractivity contribution in [3.8, 4) is 0 Å². The third-order valence-electron chi connectivity index (χ3n) is 0.929. The van der Waals surface area contributed by atoms with Gasteiger partial charge < -0.3 is 5.32 Å². The van der Waals surface area contributed by atoms with E-state index in [1.54, 1.807) is 0 Å². The average molecular weight is 164 g/mol. The van der Waals surface area contributed by atoms with Crippen LogP contribution in [0.4, 0.5) is 0 Å². The lowest BCUT2D eigenvalue weighted by atomic mass is 10.4. The molecule has 0 aliphatic carbocycles. The van der Waals surface area contributed by atoms with Crippen molar-refractivity contribution in [3.05, 3.63) is 0 Å². The van der Waals surface area contributed by atoms with E-state index in [-0.39, 0.29) is 0 Å². The van der Waals surface area contributed by atoms with Crippen molar-refractivity contribution in [2.75, 3.05) is 19.6 Å². The van der Waals surface area contributed by atoms with Crippen molar-refractivity contribution < 1.29 is 0 Å². The Kier molecular flexibility index (Phi) is 2.09. The van der Waals surface area contributed by atoms with E-state index in [2.05, 4.69) is 26.6 Å². The summed E-state index contributed by atoms with van der Waals surface area (Å²) in [6.45, 7) is 2.98. The number of piperazine rings is 1. The summed E-state index contributed by atoms with van der Waals surface area (Å²) >= 11 is 3.36. The largest absolute Gasteiger partial charge is 0.313 e. The van der Waals surface area contributed by atoms with E-state index < -0.39 is 0 Å². The van der Waals surface area contributed by atoms with Crippen LogP contribution in [0.3, 0.4) is 0 Å². The fourth-order valence-electron chi connectivity index (χ4n) is 0.569. The zero-order valence-electron chi connectivity index (χ0n) is 4.02. The van der Waals surface area contributed by atoms with Crippen LogP contribution in [0.1, 0.15) is 0 Å². The van der Waals surface area contributed by atoms with Crippen LogP contribution in [0, 0.1) is 0 Å². The minimum absolute atomic E-state index is 0.362. The van der Waals surface area contributed by atoms with Crippen molar-refractivity contribution in [2.45, 2.75) is 4.95 Å². The first-order valence-corrected chi connectivity index (χ1v) is 3.32. The Morgan fingerprint density at radius 2 is 2.57 bits per heavy atom. The Bertz CT molecular complexity index is 51.7. The van der Waals surface area contributed by atoms with Crippen LogP contribution in [0.25, 0.3) is 0 Å². The Morgan fingerprint density at radius 3 is 2.86 bits per heavy atom. The summed E-state index contributed by atoms with van der Waals surface area (Å²) in [4.78, 5) is 0.362. The third-order valence-corrected chi connectivity index (χ3v) is 1.54. The third kappa shape index (κ3) is 1.76. The minimum Gasteiger partial charge on any atom is -0.313 e. The molecule has 0 aromatic heterocycles. The summed E-state index contributed by atoms with van der Waals surface area (Å²) in [6, 6.07) is 0. The fourth-order valence-corrected chi connectivity index (χ4v) is 1.00. The molecule has 1 atom stereocenters. The van der Waals surface area contributed by atoms with E-state index in [4.69, 9.17) is 0 Å². The molecular formula is C4H8BrN2. The molecule has 3 heteroatoms. The van der Waals surface area contributed by atoms with Gasteiger partial charge in [0.05, 0.1) is 4.95 Å². The topological polar surface area (TPSA) is 26.1 Å². The second-order valence-corrected chi connectivity index (χ2v) is 2.60. The Hall–Kier alpha value is 0.400. The summed E-state index contributed by atoms with van der Waals surface area (Å²) in [5.41, 5.74) is 0. The van der Waals surface area contributed by atoms with Crippen LogP contribution in [0.15, 0.2) is 0 Å². The minimum atomic E-state index is 0.362. The molecule has 0 aromatic carbocycles. The number of hydrogen-bond acceptors (Lipinski definition) is 1. The summed E-state index contributed by atoms with van der Waals surface area (Å²) < 4.78 is 0. The zero-order valence-corrected chi connectivity index (χ0v) is 5.61. The van der Waals surface area contributed by atoms with E-state index in [1.807, 2.05) is 0 Å². The fraction of sp³-hybridized carbons (Fsp3) is 1.00. The summed E-state index contributed by atoms with van der Waals surface area (Å²) in [5, 5.41) is 7.38. The normalized spacial score (nSPS) is 33.0. The Balaban J connectivity index is 2.12. The number of nitrogens with one attached hydrogen (secondary N) is 1. The first-order chi connectivity index (χ1) is 3.39. The number of alkyl halides is 1. The molecule has 1 radical (unpaired) electrons. The maximum absolute atomic E-state index is 4.18. The van der Waals surface area contributed by atoms with Gasteiger partial charge in [0.25, 0.3) is 0 Å². The molecule has 7 heavy (non-hydrogen) atoms. The molecule has 0 spiro atoms. The number of halogens is 1. The molecule has 41 valence electrons. The number of nitrogens with zero attached hydrogens (tertiary/aromatic N) is 1. The van der Waals surface area contributed by atoms with Crippen molar-refractivity contribution in [1.82, 2.24) is 10.6 Å². The first-order valence-electron chi connectivity index (χ1n) is 2.41. The van der Waals surface area contributed by atoms with Crippen LogP contribution in [-0.4, -0.2) is 24.6 Å². The molecule has 1 saturated heterocycles. The Morgan fingerprint density at radius 1 is 1.71 bits per heavy atom. The highest BCUT2D eigenvalue weighted by molar-refractivity contribution is 9.09. The Labute approximate surface area is 51.8 Å². The van der Waals surface area contributed by atoms with Gasteiger partial charge in [-0.05, 0) is 0 Å². The summed E-state index contributed by atoms with van der Waals surface area (Å²) in [6.07, 6.45) is 0. The molecule has 0 aromatic rings. The van der Waals surface area contributed by atoms with Crippen LogP contribution in [-0.2, 0) is 0 Å². The average Bonchev–Trinajstić information content (AvgIpc) is 1.69. The van der Waals surface area contributed by atoms with Gasteiger partial charge in [-0.25, -0.2) is 5.32 Å². The molecule has 0 bridgehead atoms. The number of rotatable bonds is 0. The smallest absolute Gasteiger partial charge is 0.0920 e. The lowest BCUT2D eigenvalue weighted by Crippen LogP contribution is -2.40. The molecule has 1 unspecified atom stereocenters. The van der Waals surface area contributed by atoms with Gasteiger partial charge in [0.1, 0.15) is 0 Å². The van der Waals surface area contributed by atoms with Crippen molar-refractivity contribution in [3.63, 3.8) is 0 Å². The highest BCUT2D eigenvalue weighted by Crippen LogP contribution is 1.95. The van der Waals surface area contributed by atoms with Crippen LogP contribution in [0.2, 0.25) is 0 Å². The standard InChI is InChI=1S/C4H8BrN2/c5-4-3-6-1-2-7-4/h4,6H,1-3H2. The van der Waals surface area contributed by atoms with Gasteiger partial charge in [-0.15, -0.1) is 0 Å². The summed E-state index contributed by atoms with van der Waals surface area (Å²) in [5.74, 6) is 0. The molecule has 1 rings (SSSR count). The number of hydrogen-bond donors (Lipinski definition) is 1. The molecule has 1 fully saturated rings. The first kappa shape index (κ1) is 5.54. The second-order valence-electron chi connectivity index (χ2n) is 1.54. The predicted octanol–water partition coefficient (Wildman–Crippen LogP) is -0.0850. The lowest BCUT2D eigenvalue weighted by molar-refractivity contribution is 0.504. The molecule has 1 aliphatic heterocycles. The second kappa shape index (κ2) is 2.64. The predicted molar refractivity (Wildman–Crippen MR) is 32.6 cm³/mol. The van der Waals surface area contributed by atoms with E-state index >= 15 is 0 Å². The SMILES string of the molecule is BrC1CNCC[N]1. The van der Waals surface area contributed by atoms with Gasteiger partial charge >= 0.3 is 0 Å². The quantitative estimate of drug-likeness (QED) is 0.393. The van der Waals surface area contributed by atoms with Gasteiger partial charge in [-0.2, -0.15) is 0 Å². The molecule has 1 aliphatic rings. The van der Waals surface area contributed by atoms with Crippen LogP contribution >= 0.6 is 15.9 Å². The van der Waals surface area contributed by atoms with E-state index in [1.165, 1.54) is 0 Å². The van der Waals surface area contributed by atoms with Crippen LogP contribution in [0.5, 0.6) is 0 Å². The lowest BCUT2D eigenvalue weighted by Gasteiger charge is -2.16. The molecule has 0 saturated carbocycles. The zero-order chi connectivity index (χ0) is 5.11. The van der Waals surface area contributed by atoms with Gasteiger partial charge in [0, 0.05) is 19.6 Å². The van der Waals surface area contributed by atoms with Crippen molar-refractivity contribution >= 4 is 15.9 Å². The molecular weight excluding hydrogens is 156 g/mol. The maximum atomic E-state index is 4.18. The van der Waals surface area contributed by atoms with Gasteiger partial charge in [-0.1, -0.05) is 15.9 Å². The highest BCUT2D eigenvalue weighted by Gasteiger charge is 2.06. The molecule has 0 amide bonds. The van der Waals surface area contributed by atoms with Crippen LogP contribution < -0.4 is 10.6 Å².